The Balaban J connectivity index is 3.46. The number of nitrogens with zero attached hydrogens (tertiary/aromatic N) is 1. The van der Waals surface area contributed by atoms with Gasteiger partial charge in [0.2, 0.25) is 0 Å². The van der Waals surface area contributed by atoms with Crippen molar-refractivity contribution in [3.63, 3.8) is 0 Å². The van der Waals surface area contributed by atoms with Crippen LogP contribution in [-0.2, 0) is 12.7 Å². The molecule has 0 spiro atoms. The molecule has 0 aliphatic rings. The number of benzene rings is 1. The quantitative estimate of drug-likeness (QED) is 0.812. The number of alkyl halides is 3. The fourth-order valence-electron chi connectivity index (χ4n) is 1.10. The van der Waals surface area contributed by atoms with Gasteiger partial charge in [-0.3, -0.25) is 0 Å². The molecular weight excluding hydrogens is 229 g/mol. The number of rotatable bonds is 1. The van der Waals surface area contributed by atoms with E-state index in [2.05, 4.69) is 0 Å². The molecule has 0 amide bonds. The van der Waals surface area contributed by atoms with Crippen LogP contribution in [0.15, 0.2) is 12.1 Å². The highest BCUT2D eigenvalue weighted by Gasteiger charge is 2.34. The van der Waals surface area contributed by atoms with Gasteiger partial charge in [0.05, 0.1) is 22.2 Å². The zero-order valence-corrected chi connectivity index (χ0v) is 8.15. The van der Waals surface area contributed by atoms with E-state index in [1.165, 1.54) is 6.07 Å². The van der Waals surface area contributed by atoms with Gasteiger partial charge in [-0.15, -0.1) is 0 Å². The summed E-state index contributed by atoms with van der Waals surface area (Å²) < 4.78 is 37.3. The Bertz CT molecular complexity index is 421. The number of halogens is 4. The van der Waals surface area contributed by atoms with Crippen molar-refractivity contribution < 1.29 is 13.2 Å². The molecule has 0 saturated heterocycles. The normalized spacial score (nSPS) is 11.2. The van der Waals surface area contributed by atoms with Crippen molar-refractivity contribution in [3.05, 3.63) is 33.8 Å². The van der Waals surface area contributed by atoms with E-state index in [0.717, 1.165) is 0 Å². The van der Waals surface area contributed by atoms with E-state index >= 15 is 0 Å². The molecule has 0 aromatic heterocycles. The summed E-state index contributed by atoms with van der Waals surface area (Å²) >= 11 is 5.51. The average Bonchev–Trinajstić information content (AvgIpc) is 2.16. The summed E-state index contributed by atoms with van der Waals surface area (Å²) in [7, 11) is 0. The third-order valence-electron chi connectivity index (χ3n) is 1.80. The summed E-state index contributed by atoms with van der Waals surface area (Å²) in [4.78, 5) is 0. The number of nitriles is 1. The van der Waals surface area contributed by atoms with Gasteiger partial charge in [-0.25, -0.2) is 0 Å². The van der Waals surface area contributed by atoms with Crippen LogP contribution in [0.5, 0.6) is 0 Å². The summed E-state index contributed by atoms with van der Waals surface area (Å²) in [5.41, 5.74) is 4.21. The van der Waals surface area contributed by atoms with Crippen molar-refractivity contribution in [2.24, 2.45) is 5.73 Å². The Kier molecular flexibility index (Phi) is 3.22. The van der Waals surface area contributed by atoms with Crippen LogP contribution in [0.3, 0.4) is 0 Å². The number of hydrogen-bond acceptors (Lipinski definition) is 2. The van der Waals surface area contributed by atoms with Gasteiger partial charge in [-0.1, -0.05) is 11.6 Å². The van der Waals surface area contributed by atoms with Crippen LogP contribution in [0.4, 0.5) is 13.2 Å². The van der Waals surface area contributed by atoms with Crippen molar-refractivity contribution in [3.8, 4) is 6.07 Å². The van der Waals surface area contributed by atoms with Gasteiger partial charge in [0.15, 0.2) is 0 Å². The number of hydrogen-bond donors (Lipinski definition) is 1. The molecule has 2 nitrogen and oxygen atoms in total. The fourth-order valence-corrected chi connectivity index (χ4v) is 1.40. The fraction of sp³-hybridized carbons (Fsp3) is 0.222. The first-order valence-corrected chi connectivity index (χ1v) is 4.27. The van der Waals surface area contributed by atoms with E-state index in [1.807, 2.05) is 0 Å². The van der Waals surface area contributed by atoms with Gasteiger partial charge in [-0.05, 0) is 17.7 Å². The molecule has 0 atom stereocenters. The van der Waals surface area contributed by atoms with E-state index in [0.29, 0.717) is 6.07 Å². The lowest BCUT2D eigenvalue weighted by Crippen LogP contribution is -2.09. The van der Waals surface area contributed by atoms with Gasteiger partial charge in [-0.2, -0.15) is 18.4 Å². The molecular formula is C9H6ClF3N2. The Morgan fingerprint density at radius 1 is 1.40 bits per heavy atom. The lowest BCUT2D eigenvalue weighted by Gasteiger charge is -2.12. The first-order valence-electron chi connectivity index (χ1n) is 3.90. The largest absolute Gasteiger partial charge is 0.417 e. The van der Waals surface area contributed by atoms with Gasteiger partial charge in [0.25, 0.3) is 0 Å². The van der Waals surface area contributed by atoms with Crippen LogP contribution in [-0.4, -0.2) is 0 Å². The molecule has 1 aromatic rings. The lowest BCUT2D eigenvalue weighted by molar-refractivity contribution is -0.137. The van der Waals surface area contributed by atoms with Gasteiger partial charge < -0.3 is 5.73 Å². The summed E-state index contributed by atoms with van der Waals surface area (Å²) in [6.45, 7) is -0.141. The van der Waals surface area contributed by atoms with Gasteiger partial charge in [0, 0.05) is 6.54 Å². The molecule has 0 radical (unpaired) electrons. The van der Waals surface area contributed by atoms with Crippen LogP contribution >= 0.6 is 11.6 Å². The van der Waals surface area contributed by atoms with E-state index < -0.39 is 16.8 Å². The Morgan fingerprint density at radius 3 is 2.40 bits per heavy atom. The van der Waals surface area contributed by atoms with Crippen LogP contribution < -0.4 is 5.73 Å². The third-order valence-corrected chi connectivity index (χ3v) is 2.25. The van der Waals surface area contributed by atoms with Crippen molar-refractivity contribution >= 4 is 11.6 Å². The molecule has 6 heteroatoms. The minimum atomic E-state index is -4.58. The molecule has 0 fully saturated rings. The summed E-state index contributed by atoms with van der Waals surface area (Å²) in [5.74, 6) is 0. The van der Waals surface area contributed by atoms with Crippen molar-refractivity contribution in [2.45, 2.75) is 12.7 Å². The standard InChI is InChI=1S/C9H6ClF3N2/c10-8-6(4-15)1-5(3-14)2-7(8)9(11,12)13/h1-2H,4,15H2. The molecule has 2 N–H and O–H groups in total. The average molecular weight is 235 g/mol. The number of nitrogens with two attached hydrogens (primary N) is 1. The van der Waals surface area contributed by atoms with Gasteiger partial charge in [0.1, 0.15) is 0 Å². The SMILES string of the molecule is N#Cc1cc(CN)c(Cl)c(C(F)(F)F)c1. The monoisotopic (exact) mass is 234 g/mol. The Hall–Kier alpha value is -1.25. The van der Waals surface area contributed by atoms with Crippen molar-refractivity contribution in [1.82, 2.24) is 0 Å². The maximum absolute atomic E-state index is 12.4. The van der Waals surface area contributed by atoms with Crippen LogP contribution in [0, 0.1) is 11.3 Å². The van der Waals surface area contributed by atoms with E-state index in [1.54, 1.807) is 6.07 Å². The predicted molar refractivity (Wildman–Crippen MR) is 49.1 cm³/mol. The zero-order chi connectivity index (χ0) is 11.6. The predicted octanol–water partition coefficient (Wildman–Crippen LogP) is 2.69. The maximum Gasteiger partial charge on any atom is 0.417 e. The third kappa shape index (κ3) is 2.41. The molecule has 0 heterocycles. The molecule has 0 aliphatic heterocycles. The maximum atomic E-state index is 12.4. The molecule has 15 heavy (non-hydrogen) atoms. The Morgan fingerprint density at radius 2 is 2.00 bits per heavy atom. The molecule has 0 saturated carbocycles. The lowest BCUT2D eigenvalue weighted by atomic mass is 10.1. The Labute approximate surface area is 89.1 Å². The second-order valence-corrected chi connectivity index (χ2v) is 3.19. The highest BCUT2D eigenvalue weighted by atomic mass is 35.5. The zero-order valence-electron chi connectivity index (χ0n) is 7.40. The summed E-state index contributed by atoms with van der Waals surface area (Å²) in [6.07, 6.45) is -4.58. The highest BCUT2D eigenvalue weighted by Crippen LogP contribution is 2.36. The second kappa shape index (κ2) is 4.09. The van der Waals surface area contributed by atoms with Crippen LogP contribution in [0.25, 0.3) is 0 Å². The topological polar surface area (TPSA) is 49.8 Å². The molecule has 0 bridgehead atoms. The molecule has 80 valence electrons. The van der Waals surface area contributed by atoms with E-state index in [9.17, 15) is 13.2 Å². The van der Waals surface area contributed by atoms with Crippen LogP contribution in [0.1, 0.15) is 16.7 Å². The highest BCUT2D eigenvalue weighted by molar-refractivity contribution is 6.32. The van der Waals surface area contributed by atoms with Crippen molar-refractivity contribution in [2.75, 3.05) is 0 Å². The smallest absolute Gasteiger partial charge is 0.326 e. The molecule has 1 rings (SSSR count). The first kappa shape index (κ1) is 11.8. The first-order chi connectivity index (χ1) is 6.90. The van der Waals surface area contributed by atoms with Crippen LogP contribution in [0.2, 0.25) is 5.02 Å². The molecule has 1 aromatic carbocycles. The second-order valence-electron chi connectivity index (χ2n) is 2.81. The summed E-state index contributed by atoms with van der Waals surface area (Å²) in [5, 5.41) is 8.10. The minimum Gasteiger partial charge on any atom is -0.326 e. The molecule has 0 aliphatic carbocycles. The van der Waals surface area contributed by atoms with E-state index in [4.69, 9.17) is 22.6 Å². The van der Waals surface area contributed by atoms with E-state index in [-0.39, 0.29) is 17.7 Å². The summed E-state index contributed by atoms with van der Waals surface area (Å²) in [6, 6.07) is 3.58. The van der Waals surface area contributed by atoms with Crippen molar-refractivity contribution in [1.29, 1.82) is 5.26 Å². The molecule has 0 unspecified atom stereocenters. The van der Waals surface area contributed by atoms with Gasteiger partial charge >= 0.3 is 6.18 Å². The minimum absolute atomic E-state index is 0.104.